The van der Waals surface area contributed by atoms with E-state index in [4.69, 9.17) is 9.47 Å². The van der Waals surface area contributed by atoms with Gasteiger partial charge in [0.15, 0.2) is 30.4 Å². The number of nitrogens with zero attached hydrogens (tertiary/aromatic N) is 4. The predicted molar refractivity (Wildman–Crippen MR) is 157 cm³/mol. The Bertz CT molecular complexity index is 2340. The van der Waals surface area contributed by atoms with Gasteiger partial charge in [0.25, 0.3) is 0 Å². The number of hydrogen-bond donors (Lipinski definition) is 7. The lowest BCUT2D eigenvalue weighted by Gasteiger charge is -2.18. The van der Waals surface area contributed by atoms with Crippen LogP contribution in [0.2, 0.25) is 0 Å². The average Bonchev–Trinajstić information content (AvgIpc) is 3.05. The van der Waals surface area contributed by atoms with Crippen molar-refractivity contribution in [2.45, 2.75) is 6.29 Å². The largest absolute Gasteiger partial charge is 0.506 e. The molecule has 6 rings (SSSR count). The lowest BCUT2D eigenvalue weighted by Crippen LogP contribution is -2.05. The van der Waals surface area contributed by atoms with Crippen molar-refractivity contribution >= 4 is 62.7 Å². The van der Waals surface area contributed by atoms with Crippen LogP contribution in [0, 0.1) is 0 Å². The first kappa shape index (κ1) is 29.7. The summed E-state index contributed by atoms with van der Waals surface area (Å²) >= 11 is 0. The van der Waals surface area contributed by atoms with E-state index in [1.165, 1.54) is 25.3 Å². The summed E-state index contributed by atoms with van der Waals surface area (Å²) in [4.78, 5) is 53.8. The number of fused-ring (bicyclic) bond motifs is 4. The fourth-order valence-electron chi connectivity index (χ4n) is 5.22. The van der Waals surface area contributed by atoms with Crippen LogP contribution in [0.4, 0.5) is 0 Å². The molecule has 0 saturated carbocycles. The number of carbonyl (C=O) groups excluding carboxylic acids is 3. The standard InChI is InChI=1S/C30H20N4O12/c1-45-29(43)9-3-5-13(37)21-17(9)33-23-19(31-21)11(7-35)25(39)15(27(23)41)16-26(40)12(8-36)20-24(28(16)42)34-18-10(30(44)46-2)4-6-14(38)22(18)32-20/h3-8,29,37-43H,1-2H3. The second-order valence-electron chi connectivity index (χ2n) is 9.83. The monoisotopic (exact) mass is 628 g/mol. The van der Waals surface area contributed by atoms with E-state index in [0.29, 0.717) is 0 Å². The first-order valence-corrected chi connectivity index (χ1v) is 13.0. The van der Waals surface area contributed by atoms with Crippen LogP contribution in [-0.4, -0.2) is 88.4 Å². The second kappa shape index (κ2) is 10.7. The van der Waals surface area contributed by atoms with E-state index >= 15 is 0 Å². The highest BCUT2D eigenvalue weighted by atomic mass is 16.6. The van der Waals surface area contributed by atoms with Crippen LogP contribution in [0.15, 0.2) is 24.3 Å². The Hall–Kier alpha value is -6.39. The number of aliphatic hydroxyl groups is 1. The number of phenols is 6. The number of hydrogen-bond acceptors (Lipinski definition) is 16. The van der Waals surface area contributed by atoms with Gasteiger partial charge in [-0.25, -0.2) is 24.7 Å². The minimum atomic E-state index is -1.56. The summed E-state index contributed by atoms with van der Waals surface area (Å²) in [5.74, 6) is -5.77. The molecule has 46 heavy (non-hydrogen) atoms. The maximum atomic E-state index is 12.4. The normalized spacial score (nSPS) is 12.2. The second-order valence-corrected chi connectivity index (χ2v) is 9.83. The van der Waals surface area contributed by atoms with Crippen molar-refractivity contribution in [3.63, 3.8) is 0 Å². The van der Waals surface area contributed by atoms with Crippen molar-refractivity contribution in [2.24, 2.45) is 0 Å². The summed E-state index contributed by atoms with van der Waals surface area (Å²) in [6.07, 6.45) is -1.29. The molecule has 0 bridgehead atoms. The maximum absolute atomic E-state index is 12.4. The van der Waals surface area contributed by atoms with Gasteiger partial charge in [-0.2, -0.15) is 0 Å². The third kappa shape index (κ3) is 4.05. The van der Waals surface area contributed by atoms with Crippen LogP contribution in [0.25, 0.3) is 55.3 Å². The minimum absolute atomic E-state index is 0.00201. The van der Waals surface area contributed by atoms with Gasteiger partial charge >= 0.3 is 5.97 Å². The highest BCUT2D eigenvalue weighted by Crippen LogP contribution is 2.53. The topological polar surface area (TPSA) is 263 Å². The fraction of sp³-hybridized carbons (Fsp3) is 0.100. The van der Waals surface area contributed by atoms with E-state index in [2.05, 4.69) is 19.9 Å². The van der Waals surface area contributed by atoms with E-state index in [9.17, 15) is 50.1 Å². The van der Waals surface area contributed by atoms with Gasteiger partial charge in [-0.15, -0.1) is 0 Å². The Kier molecular flexibility index (Phi) is 6.87. The number of aromatic hydroxyl groups is 6. The van der Waals surface area contributed by atoms with Gasteiger partial charge < -0.3 is 45.2 Å². The molecule has 0 amide bonds. The number of methoxy groups -OCH3 is 2. The molecule has 4 aromatic carbocycles. The summed E-state index contributed by atoms with van der Waals surface area (Å²) in [7, 11) is 2.28. The lowest BCUT2D eigenvalue weighted by atomic mass is 9.94. The van der Waals surface area contributed by atoms with Crippen LogP contribution in [0.3, 0.4) is 0 Å². The van der Waals surface area contributed by atoms with E-state index in [0.717, 1.165) is 13.2 Å². The quantitative estimate of drug-likeness (QED) is 0.0605. The lowest BCUT2D eigenvalue weighted by molar-refractivity contribution is -0.0760. The molecule has 232 valence electrons. The Labute approximate surface area is 255 Å². The summed E-state index contributed by atoms with van der Waals surface area (Å²) in [5.41, 5.74) is -5.85. The van der Waals surface area contributed by atoms with Gasteiger partial charge in [0.2, 0.25) is 0 Å². The van der Waals surface area contributed by atoms with Gasteiger partial charge in [-0.05, 0) is 24.3 Å². The molecular weight excluding hydrogens is 608 g/mol. The first-order chi connectivity index (χ1) is 22.0. The third-order valence-corrected chi connectivity index (χ3v) is 7.43. The highest BCUT2D eigenvalue weighted by molar-refractivity contribution is 6.14. The Morgan fingerprint density at radius 2 is 1.09 bits per heavy atom. The highest BCUT2D eigenvalue weighted by Gasteiger charge is 2.32. The van der Waals surface area contributed by atoms with Gasteiger partial charge in [0.05, 0.1) is 34.9 Å². The molecule has 1 atom stereocenters. The molecule has 16 nitrogen and oxygen atoms in total. The van der Waals surface area contributed by atoms with Crippen molar-refractivity contribution in [2.75, 3.05) is 14.2 Å². The third-order valence-electron chi connectivity index (χ3n) is 7.43. The van der Waals surface area contributed by atoms with Gasteiger partial charge in [-0.3, -0.25) is 9.59 Å². The molecule has 1 unspecified atom stereocenters. The number of aliphatic hydroxyl groups excluding tert-OH is 1. The molecule has 2 heterocycles. The van der Waals surface area contributed by atoms with E-state index in [1.807, 2.05) is 0 Å². The van der Waals surface area contributed by atoms with E-state index in [-0.39, 0.29) is 45.8 Å². The Morgan fingerprint density at radius 3 is 1.57 bits per heavy atom. The zero-order valence-corrected chi connectivity index (χ0v) is 23.5. The molecule has 0 radical (unpaired) electrons. The summed E-state index contributed by atoms with van der Waals surface area (Å²) in [5, 5.41) is 76.7. The summed E-state index contributed by atoms with van der Waals surface area (Å²) in [6, 6.07) is 4.75. The smallest absolute Gasteiger partial charge is 0.340 e. The number of benzene rings is 4. The van der Waals surface area contributed by atoms with Gasteiger partial charge in [0, 0.05) is 12.7 Å². The van der Waals surface area contributed by atoms with Crippen molar-refractivity contribution in [1.29, 1.82) is 0 Å². The Morgan fingerprint density at radius 1 is 0.630 bits per heavy atom. The zero-order chi connectivity index (χ0) is 33.2. The molecule has 7 N–H and O–H groups in total. The number of ether oxygens (including phenoxy) is 2. The number of carbonyl (C=O) groups is 3. The van der Waals surface area contributed by atoms with Gasteiger partial charge in [-0.1, -0.05) is 0 Å². The summed E-state index contributed by atoms with van der Waals surface area (Å²) < 4.78 is 9.69. The van der Waals surface area contributed by atoms with Crippen molar-refractivity contribution in [3.05, 3.63) is 46.5 Å². The van der Waals surface area contributed by atoms with Crippen LogP contribution < -0.4 is 0 Å². The van der Waals surface area contributed by atoms with Crippen LogP contribution in [-0.2, 0) is 9.47 Å². The van der Waals surface area contributed by atoms with Crippen molar-refractivity contribution < 1.29 is 59.6 Å². The molecule has 0 aliphatic carbocycles. The first-order valence-electron chi connectivity index (χ1n) is 13.0. The number of esters is 1. The van der Waals surface area contributed by atoms with Crippen LogP contribution in [0.1, 0.15) is 42.9 Å². The number of aldehydes is 2. The SMILES string of the molecule is COC(=O)c1ccc(O)c2nc3c(C=O)c(O)c(-c4c(O)c(C=O)c5nc6c(O)ccc(C(O)OC)c6nc5c4O)c(O)c3nc12. The Balaban J connectivity index is 1.79. The number of aromatic nitrogens is 4. The van der Waals surface area contributed by atoms with E-state index in [1.54, 1.807) is 0 Å². The van der Waals surface area contributed by atoms with E-state index < -0.39 is 91.1 Å². The predicted octanol–water partition coefficient (Wildman–Crippen LogP) is 2.83. The van der Waals surface area contributed by atoms with Crippen molar-refractivity contribution in [1.82, 2.24) is 19.9 Å². The van der Waals surface area contributed by atoms with Crippen LogP contribution in [0.5, 0.6) is 34.5 Å². The van der Waals surface area contributed by atoms with Crippen LogP contribution >= 0.6 is 0 Å². The number of rotatable bonds is 6. The molecule has 0 aliphatic heterocycles. The fourth-order valence-corrected chi connectivity index (χ4v) is 5.22. The average molecular weight is 629 g/mol. The molecule has 0 saturated heterocycles. The summed E-state index contributed by atoms with van der Waals surface area (Å²) in [6.45, 7) is 0. The zero-order valence-electron chi connectivity index (χ0n) is 23.5. The molecule has 0 fully saturated rings. The van der Waals surface area contributed by atoms with Gasteiger partial charge in [0.1, 0.15) is 67.1 Å². The molecule has 0 spiro atoms. The molecular formula is C30H20N4O12. The molecule has 6 aromatic rings. The molecule has 16 heteroatoms. The van der Waals surface area contributed by atoms with Crippen molar-refractivity contribution in [3.8, 4) is 45.6 Å². The number of phenolic OH excluding ortho intramolecular Hbond substituents is 6. The molecule has 2 aromatic heterocycles. The minimum Gasteiger partial charge on any atom is -0.506 e. The maximum Gasteiger partial charge on any atom is 0.340 e. The molecule has 0 aliphatic rings.